The van der Waals surface area contributed by atoms with Crippen LogP contribution in [0.25, 0.3) is 11.1 Å². The summed E-state index contributed by atoms with van der Waals surface area (Å²) in [6, 6.07) is 21.7. The van der Waals surface area contributed by atoms with Crippen LogP contribution < -0.4 is 0 Å². The molecule has 2 heteroatoms. The molecule has 0 radical (unpaired) electrons. The molecule has 3 aromatic carbocycles. The van der Waals surface area contributed by atoms with Gasteiger partial charge in [-0.15, -0.1) is 0 Å². The highest BCUT2D eigenvalue weighted by Crippen LogP contribution is 2.25. The Morgan fingerprint density at radius 3 is 2.00 bits per heavy atom. The summed E-state index contributed by atoms with van der Waals surface area (Å²) in [5, 5.41) is 0.748. The van der Waals surface area contributed by atoms with Gasteiger partial charge in [0.15, 0.2) is 0 Å². The zero-order valence-electron chi connectivity index (χ0n) is 15.1. The van der Waals surface area contributed by atoms with Gasteiger partial charge in [-0.05, 0) is 59.7 Å². The second-order valence-electron chi connectivity index (χ2n) is 6.77. The first-order valence-electron chi connectivity index (χ1n) is 9.28. The fraction of sp³-hybridized carbons (Fsp3) is 0.250. The van der Waals surface area contributed by atoms with E-state index in [1.807, 2.05) is 42.5 Å². The number of rotatable bonds is 7. The van der Waals surface area contributed by atoms with Gasteiger partial charge in [0, 0.05) is 10.6 Å². The average molecular weight is 367 g/mol. The van der Waals surface area contributed by atoms with E-state index in [9.17, 15) is 4.39 Å². The number of aryl methyl sites for hydroxylation is 1. The van der Waals surface area contributed by atoms with Gasteiger partial charge < -0.3 is 0 Å². The topological polar surface area (TPSA) is 0 Å². The first-order valence-corrected chi connectivity index (χ1v) is 9.65. The van der Waals surface area contributed by atoms with Gasteiger partial charge in [0.25, 0.3) is 0 Å². The lowest BCUT2D eigenvalue weighted by molar-refractivity contribution is 0.626. The third kappa shape index (κ3) is 4.95. The van der Waals surface area contributed by atoms with Crippen LogP contribution in [0.4, 0.5) is 4.39 Å². The highest BCUT2D eigenvalue weighted by molar-refractivity contribution is 6.30. The minimum absolute atomic E-state index is 0.135. The Morgan fingerprint density at radius 2 is 1.38 bits per heavy atom. The van der Waals surface area contributed by atoms with Crippen LogP contribution in [0.2, 0.25) is 5.02 Å². The van der Waals surface area contributed by atoms with Crippen LogP contribution in [0.1, 0.15) is 42.9 Å². The second-order valence-corrected chi connectivity index (χ2v) is 7.21. The first kappa shape index (κ1) is 18.7. The number of hydrogen-bond acceptors (Lipinski definition) is 0. The molecule has 0 atom stereocenters. The van der Waals surface area contributed by atoms with Gasteiger partial charge in [-0.25, -0.2) is 4.39 Å². The fourth-order valence-corrected chi connectivity index (χ4v) is 3.29. The van der Waals surface area contributed by atoms with Gasteiger partial charge in [0.2, 0.25) is 0 Å². The van der Waals surface area contributed by atoms with Gasteiger partial charge in [-0.2, -0.15) is 0 Å². The molecule has 0 aliphatic rings. The van der Waals surface area contributed by atoms with Crippen molar-refractivity contribution >= 4 is 11.6 Å². The largest absolute Gasteiger partial charge is 0.206 e. The van der Waals surface area contributed by atoms with Crippen LogP contribution in [0.5, 0.6) is 0 Å². The molecule has 3 aromatic rings. The molecule has 0 aliphatic heterocycles. The summed E-state index contributed by atoms with van der Waals surface area (Å²) in [6.45, 7) is 2.18. The predicted octanol–water partition coefficient (Wildman–Crippen LogP) is 7.47. The molecule has 0 spiro atoms. The Morgan fingerprint density at radius 1 is 0.769 bits per heavy atom. The number of unbranched alkanes of at least 4 members (excludes halogenated alkanes) is 2. The quantitative estimate of drug-likeness (QED) is 0.380. The van der Waals surface area contributed by atoms with Crippen molar-refractivity contribution in [3.63, 3.8) is 0 Å². The van der Waals surface area contributed by atoms with Gasteiger partial charge in [-0.3, -0.25) is 0 Å². The molecular weight excluding hydrogens is 343 g/mol. The van der Waals surface area contributed by atoms with E-state index in [0.717, 1.165) is 35.4 Å². The van der Waals surface area contributed by atoms with Crippen molar-refractivity contribution in [2.24, 2.45) is 0 Å². The molecule has 0 unspecified atom stereocenters. The second kappa shape index (κ2) is 9.00. The molecule has 0 aliphatic carbocycles. The van der Waals surface area contributed by atoms with Crippen LogP contribution in [-0.2, 0) is 12.8 Å². The van der Waals surface area contributed by atoms with E-state index in [4.69, 9.17) is 11.6 Å². The van der Waals surface area contributed by atoms with Gasteiger partial charge in [0.05, 0.1) is 0 Å². The number of halogens is 2. The Kier molecular flexibility index (Phi) is 6.46. The normalized spacial score (nSPS) is 10.9. The van der Waals surface area contributed by atoms with E-state index in [1.54, 1.807) is 6.07 Å². The van der Waals surface area contributed by atoms with Gasteiger partial charge in [-0.1, -0.05) is 79.9 Å². The van der Waals surface area contributed by atoms with Crippen molar-refractivity contribution in [1.82, 2.24) is 0 Å². The van der Waals surface area contributed by atoms with Crippen LogP contribution in [-0.4, -0.2) is 0 Å². The third-order valence-corrected chi connectivity index (χ3v) is 4.94. The summed E-state index contributed by atoms with van der Waals surface area (Å²) in [5.74, 6) is -0.135. The summed E-state index contributed by atoms with van der Waals surface area (Å²) in [4.78, 5) is 0. The lowest BCUT2D eigenvalue weighted by Gasteiger charge is -2.08. The monoisotopic (exact) mass is 366 g/mol. The maximum atomic E-state index is 14.5. The van der Waals surface area contributed by atoms with Gasteiger partial charge >= 0.3 is 0 Å². The molecule has 0 N–H and O–H groups in total. The standard InChI is InChI=1S/C24H24ClF/c1-2-3-4-5-18-10-15-23(24(26)17-18)21-11-6-19(7-12-21)16-20-8-13-22(25)14-9-20/h6-15,17H,2-5,16H2,1H3. The minimum atomic E-state index is -0.135. The molecule has 3 rings (SSSR count). The molecule has 0 nitrogen and oxygen atoms in total. The molecule has 0 heterocycles. The number of hydrogen-bond donors (Lipinski definition) is 0. The van der Waals surface area contributed by atoms with E-state index in [0.29, 0.717) is 5.56 Å². The first-order chi connectivity index (χ1) is 12.7. The summed E-state index contributed by atoms with van der Waals surface area (Å²) in [7, 11) is 0. The van der Waals surface area contributed by atoms with E-state index in [1.165, 1.54) is 24.0 Å². The van der Waals surface area contributed by atoms with Crippen LogP contribution in [0.15, 0.2) is 66.7 Å². The van der Waals surface area contributed by atoms with Crippen molar-refractivity contribution in [3.05, 3.63) is 94.3 Å². The summed E-state index contributed by atoms with van der Waals surface area (Å²) < 4.78 is 14.5. The van der Waals surface area contributed by atoms with Crippen molar-refractivity contribution in [3.8, 4) is 11.1 Å². The van der Waals surface area contributed by atoms with E-state index >= 15 is 0 Å². The SMILES string of the molecule is CCCCCc1ccc(-c2ccc(Cc3ccc(Cl)cc3)cc2)c(F)c1. The Balaban J connectivity index is 1.70. The molecule has 0 bridgehead atoms. The zero-order chi connectivity index (χ0) is 18.4. The molecular formula is C24H24ClF. The molecule has 0 saturated carbocycles. The highest BCUT2D eigenvalue weighted by Gasteiger charge is 2.07. The molecule has 0 saturated heterocycles. The molecule has 0 aromatic heterocycles. The summed E-state index contributed by atoms with van der Waals surface area (Å²) >= 11 is 5.93. The maximum absolute atomic E-state index is 14.5. The highest BCUT2D eigenvalue weighted by atomic mass is 35.5. The molecule has 26 heavy (non-hydrogen) atoms. The molecule has 134 valence electrons. The third-order valence-electron chi connectivity index (χ3n) is 4.69. The minimum Gasteiger partial charge on any atom is -0.206 e. The Labute approximate surface area is 160 Å². The number of benzene rings is 3. The van der Waals surface area contributed by atoms with Crippen molar-refractivity contribution < 1.29 is 4.39 Å². The average Bonchev–Trinajstić information content (AvgIpc) is 2.65. The van der Waals surface area contributed by atoms with Crippen molar-refractivity contribution in [2.45, 2.75) is 39.0 Å². The van der Waals surface area contributed by atoms with Crippen LogP contribution in [0, 0.1) is 5.82 Å². The fourth-order valence-electron chi connectivity index (χ4n) is 3.17. The van der Waals surface area contributed by atoms with E-state index in [2.05, 4.69) is 25.1 Å². The summed E-state index contributed by atoms with van der Waals surface area (Å²) in [6.07, 6.45) is 5.29. The lowest BCUT2D eigenvalue weighted by Crippen LogP contribution is -1.92. The van der Waals surface area contributed by atoms with E-state index < -0.39 is 0 Å². The lowest BCUT2D eigenvalue weighted by atomic mass is 9.98. The molecule has 0 amide bonds. The maximum Gasteiger partial charge on any atom is 0.131 e. The zero-order valence-corrected chi connectivity index (χ0v) is 15.9. The Bertz CT molecular complexity index is 835. The summed E-state index contributed by atoms with van der Waals surface area (Å²) in [5.41, 5.74) is 5.08. The molecule has 0 fully saturated rings. The van der Waals surface area contributed by atoms with Crippen molar-refractivity contribution in [2.75, 3.05) is 0 Å². The van der Waals surface area contributed by atoms with Gasteiger partial charge in [0.1, 0.15) is 5.82 Å². The van der Waals surface area contributed by atoms with Crippen LogP contribution in [0.3, 0.4) is 0 Å². The van der Waals surface area contributed by atoms with Crippen molar-refractivity contribution in [1.29, 1.82) is 0 Å². The van der Waals surface area contributed by atoms with Crippen LogP contribution >= 0.6 is 11.6 Å². The van der Waals surface area contributed by atoms with E-state index in [-0.39, 0.29) is 5.82 Å². The predicted molar refractivity (Wildman–Crippen MR) is 109 cm³/mol. The Hall–Kier alpha value is -2.12. The smallest absolute Gasteiger partial charge is 0.131 e.